The molecule has 1 aliphatic heterocycles. The molecule has 1 aromatic rings. The van der Waals surface area contributed by atoms with Gasteiger partial charge in [-0.05, 0) is 37.7 Å². The third-order valence-corrected chi connectivity index (χ3v) is 5.77. The van der Waals surface area contributed by atoms with Gasteiger partial charge in [0.05, 0.1) is 18.1 Å². The molecule has 0 bridgehead atoms. The topological polar surface area (TPSA) is 116 Å². The third kappa shape index (κ3) is 4.86. The van der Waals surface area contributed by atoms with Crippen LogP contribution in [0.1, 0.15) is 44.1 Å². The van der Waals surface area contributed by atoms with Crippen LogP contribution < -0.4 is 11.5 Å². The van der Waals surface area contributed by atoms with Gasteiger partial charge in [-0.15, -0.1) is 0 Å². The minimum Gasteiger partial charge on any atom is -0.374 e. The number of hydrogen-bond donors (Lipinski definition) is 2. The Bertz CT molecular complexity index is 705. The van der Waals surface area contributed by atoms with Crippen LogP contribution in [0.4, 0.5) is 0 Å². The minimum absolute atomic E-state index is 0. The number of ether oxygens (including phenoxy) is 1. The summed E-state index contributed by atoms with van der Waals surface area (Å²) < 4.78 is 5.99. The predicted octanol–water partition coefficient (Wildman–Crippen LogP) is 1.21. The van der Waals surface area contributed by atoms with Gasteiger partial charge in [-0.2, -0.15) is 13.5 Å². The summed E-state index contributed by atoms with van der Waals surface area (Å²) in [5.74, 6) is -1.11. The monoisotopic (exact) mass is 407 g/mol. The molecule has 0 radical (unpaired) electrons. The van der Waals surface area contributed by atoms with Gasteiger partial charge in [0, 0.05) is 13.0 Å². The summed E-state index contributed by atoms with van der Waals surface area (Å²) >= 11 is 0. The van der Waals surface area contributed by atoms with Crippen LogP contribution in [-0.4, -0.2) is 41.3 Å². The Labute approximate surface area is 172 Å². The van der Waals surface area contributed by atoms with Crippen LogP contribution in [0, 0.1) is 5.41 Å². The fraction of sp³-hybridized carbons (Fsp3) is 0.550. The number of rotatable bonds is 8. The van der Waals surface area contributed by atoms with Crippen molar-refractivity contribution in [3.05, 3.63) is 35.9 Å². The number of likely N-dealkylation sites (tertiary alicyclic amines) is 1. The van der Waals surface area contributed by atoms with Crippen molar-refractivity contribution in [2.45, 2.75) is 57.3 Å². The number of benzene rings is 1. The zero-order chi connectivity index (χ0) is 19.4. The molecule has 1 spiro atoms. The lowest BCUT2D eigenvalue weighted by Gasteiger charge is -2.53. The van der Waals surface area contributed by atoms with Gasteiger partial charge >= 0.3 is 0 Å². The first-order chi connectivity index (χ1) is 12.9. The number of nitrogens with two attached hydrogens (primary N) is 2. The Morgan fingerprint density at radius 2 is 1.82 bits per heavy atom. The SMILES string of the molecule is NC(=O)CC[C@@H](C(N)=O)N1CC2(CCC(OCc3ccccc3)CC2)C1=O.S. The van der Waals surface area contributed by atoms with Crippen molar-refractivity contribution >= 4 is 31.2 Å². The molecule has 0 unspecified atom stereocenters. The van der Waals surface area contributed by atoms with E-state index in [2.05, 4.69) is 0 Å². The lowest BCUT2D eigenvalue weighted by molar-refractivity contribution is -0.174. The second-order valence-corrected chi connectivity index (χ2v) is 7.63. The number of carbonyl (C=O) groups is 3. The first kappa shape index (κ1) is 22.2. The maximum atomic E-state index is 12.8. The largest absolute Gasteiger partial charge is 0.374 e. The maximum Gasteiger partial charge on any atom is 0.240 e. The van der Waals surface area contributed by atoms with E-state index < -0.39 is 23.3 Å². The van der Waals surface area contributed by atoms with E-state index in [1.54, 1.807) is 0 Å². The van der Waals surface area contributed by atoms with E-state index in [0.29, 0.717) is 13.2 Å². The van der Waals surface area contributed by atoms with E-state index in [-0.39, 0.29) is 38.3 Å². The molecular formula is C20H29N3O4S. The zero-order valence-electron chi connectivity index (χ0n) is 15.9. The van der Waals surface area contributed by atoms with Crippen molar-refractivity contribution < 1.29 is 19.1 Å². The van der Waals surface area contributed by atoms with Crippen LogP contribution in [0.2, 0.25) is 0 Å². The molecule has 3 amide bonds. The van der Waals surface area contributed by atoms with Crippen molar-refractivity contribution in [3.8, 4) is 0 Å². The van der Waals surface area contributed by atoms with Gasteiger partial charge in [0.1, 0.15) is 6.04 Å². The highest BCUT2D eigenvalue weighted by Gasteiger charge is 2.55. The number of β-lactam (4-membered cyclic amide) rings is 1. The molecule has 28 heavy (non-hydrogen) atoms. The molecule has 1 saturated carbocycles. The Morgan fingerprint density at radius 3 is 2.36 bits per heavy atom. The third-order valence-electron chi connectivity index (χ3n) is 5.77. The van der Waals surface area contributed by atoms with Crippen molar-refractivity contribution in [1.82, 2.24) is 4.90 Å². The molecule has 0 aromatic heterocycles. The number of primary amides is 2. The lowest BCUT2D eigenvalue weighted by Crippen LogP contribution is -2.67. The van der Waals surface area contributed by atoms with E-state index >= 15 is 0 Å². The lowest BCUT2D eigenvalue weighted by atomic mass is 9.66. The van der Waals surface area contributed by atoms with E-state index in [1.165, 1.54) is 4.90 Å². The Hall–Kier alpha value is -2.06. The molecule has 1 heterocycles. The molecule has 1 aliphatic carbocycles. The van der Waals surface area contributed by atoms with Crippen LogP contribution in [0.15, 0.2) is 30.3 Å². The van der Waals surface area contributed by atoms with Crippen LogP contribution in [-0.2, 0) is 25.7 Å². The molecule has 1 aromatic carbocycles. The average molecular weight is 408 g/mol. The Kier molecular flexibility index (Phi) is 7.48. The second-order valence-electron chi connectivity index (χ2n) is 7.63. The summed E-state index contributed by atoms with van der Waals surface area (Å²) in [5.41, 5.74) is 11.3. The highest BCUT2D eigenvalue weighted by molar-refractivity contribution is 7.59. The fourth-order valence-corrected chi connectivity index (χ4v) is 4.13. The van der Waals surface area contributed by atoms with E-state index in [1.807, 2.05) is 30.3 Å². The van der Waals surface area contributed by atoms with Crippen molar-refractivity contribution in [2.24, 2.45) is 16.9 Å². The predicted molar refractivity (Wildman–Crippen MR) is 109 cm³/mol. The van der Waals surface area contributed by atoms with Crippen molar-refractivity contribution in [1.29, 1.82) is 0 Å². The molecule has 7 nitrogen and oxygen atoms in total. The zero-order valence-corrected chi connectivity index (χ0v) is 16.9. The molecule has 1 atom stereocenters. The molecule has 154 valence electrons. The summed E-state index contributed by atoms with van der Waals surface area (Å²) in [6.45, 7) is 1.10. The maximum absolute atomic E-state index is 12.8. The van der Waals surface area contributed by atoms with Gasteiger partial charge in [-0.25, -0.2) is 0 Å². The highest BCUT2D eigenvalue weighted by atomic mass is 32.1. The number of carbonyl (C=O) groups excluding carboxylic acids is 3. The van der Waals surface area contributed by atoms with Crippen LogP contribution >= 0.6 is 13.5 Å². The molecule has 3 rings (SSSR count). The van der Waals surface area contributed by atoms with Gasteiger partial charge in [-0.3, -0.25) is 14.4 Å². The summed E-state index contributed by atoms with van der Waals surface area (Å²) in [6.07, 6.45) is 3.55. The Balaban J connectivity index is 0.00000280. The highest BCUT2D eigenvalue weighted by Crippen LogP contribution is 2.46. The quantitative estimate of drug-likeness (QED) is 0.630. The van der Waals surface area contributed by atoms with Gasteiger partial charge in [0.15, 0.2) is 0 Å². The van der Waals surface area contributed by atoms with E-state index in [0.717, 1.165) is 31.2 Å². The number of amides is 3. The van der Waals surface area contributed by atoms with Crippen LogP contribution in [0.25, 0.3) is 0 Å². The Morgan fingerprint density at radius 1 is 1.18 bits per heavy atom. The summed E-state index contributed by atoms with van der Waals surface area (Å²) in [4.78, 5) is 37.0. The molecule has 2 fully saturated rings. The average Bonchev–Trinajstić information content (AvgIpc) is 2.66. The first-order valence-electron chi connectivity index (χ1n) is 9.45. The van der Waals surface area contributed by atoms with Gasteiger partial charge in [0.25, 0.3) is 0 Å². The minimum atomic E-state index is -0.748. The normalized spacial score (nSPS) is 24.9. The first-order valence-corrected chi connectivity index (χ1v) is 9.45. The summed E-state index contributed by atoms with van der Waals surface area (Å²) in [7, 11) is 0. The molecule has 8 heteroatoms. The smallest absolute Gasteiger partial charge is 0.240 e. The summed E-state index contributed by atoms with van der Waals surface area (Å²) in [6, 6.07) is 9.28. The van der Waals surface area contributed by atoms with Crippen LogP contribution in [0.5, 0.6) is 0 Å². The molecule has 1 saturated heterocycles. The van der Waals surface area contributed by atoms with Crippen LogP contribution in [0.3, 0.4) is 0 Å². The number of hydrogen-bond acceptors (Lipinski definition) is 4. The molecule has 4 N–H and O–H groups in total. The van der Waals surface area contributed by atoms with Crippen molar-refractivity contribution in [3.63, 3.8) is 0 Å². The number of nitrogens with zero attached hydrogens (tertiary/aromatic N) is 1. The van der Waals surface area contributed by atoms with Gasteiger partial charge in [0.2, 0.25) is 17.7 Å². The van der Waals surface area contributed by atoms with Gasteiger partial charge < -0.3 is 21.1 Å². The standard InChI is InChI=1S/C20H27N3O4.H2S/c21-17(24)7-6-16(18(22)25)23-13-20(19(23)26)10-8-15(9-11-20)27-12-14-4-2-1-3-5-14;/h1-5,15-16H,6-13H2,(H2,21,24)(H2,22,25);1H2/t15?,16-,20?;/m0./s1. The van der Waals surface area contributed by atoms with Gasteiger partial charge in [-0.1, -0.05) is 30.3 Å². The van der Waals surface area contributed by atoms with Crippen molar-refractivity contribution in [2.75, 3.05) is 6.54 Å². The fourth-order valence-electron chi connectivity index (χ4n) is 4.13. The molecular weight excluding hydrogens is 378 g/mol. The van der Waals surface area contributed by atoms with E-state index in [9.17, 15) is 14.4 Å². The summed E-state index contributed by atoms with van der Waals surface area (Å²) in [5, 5.41) is 0. The van der Waals surface area contributed by atoms with E-state index in [4.69, 9.17) is 16.2 Å². The second kappa shape index (κ2) is 9.43. The molecule has 2 aliphatic rings.